The standard InChI is InChI=1S/C17H32N2O2/c1-14(2)9-18-12-17(5-7-20-8-6-17)13-19-10-15-3-4-16(11-19)21-15/h14-16,18H,3-13H2,1-2H3. The number of likely N-dealkylation sites (tertiary alicyclic amines) is 1. The maximum Gasteiger partial charge on any atom is 0.0707 e. The molecular weight excluding hydrogens is 264 g/mol. The van der Waals surface area contributed by atoms with Crippen LogP contribution in [0.2, 0.25) is 0 Å². The first-order chi connectivity index (χ1) is 10.2. The van der Waals surface area contributed by atoms with Gasteiger partial charge in [-0.3, -0.25) is 4.90 Å². The Kier molecular flexibility index (Phi) is 5.20. The number of rotatable bonds is 6. The molecule has 0 radical (unpaired) electrons. The molecule has 3 heterocycles. The maximum atomic E-state index is 5.98. The molecule has 2 atom stereocenters. The van der Waals surface area contributed by atoms with E-state index < -0.39 is 0 Å². The van der Waals surface area contributed by atoms with Gasteiger partial charge < -0.3 is 14.8 Å². The Labute approximate surface area is 129 Å². The van der Waals surface area contributed by atoms with Crippen molar-refractivity contribution in [1.29, 1.82) is 0 Å². The number of morpholine rings is 1. The van der Waals surface area contributed by atoms with E-state index in [0.29, 0.717) is 17.6 Å². The van der Waals surface area contributed by atoms with Gasteiger partial charge in [-0.25, -0.2) is 0 Å². The highest BCUT2D eigenvalue weighted by Crippen LogP contribution is 2.34. The van der Waals surface area contributed by atoms with Gasteiger partial charge in [0.1, 0.15) is 0 Å². The highest BCUT2D eigenvalue weighted by atomic mass is 16.5. The van der Waals surface area contributed by atoms with E-state index in [1.165, 1.54) is 32.2 Å². The second kappa shape index (κ2) is 6.95. The minimum atomic E-state index is 0.407. The van der Waals surface area contributed by atoms with Crippen molar-refractivity contribution < 1.29 is 9.47 Å². The summed E-state index contributed by atoms with van der Waals surface area (Å²) in [5, 5.41) is 3.71. The lowest BCUT2D eigenvalue weighted by Crippen LogP contribution is -2.52. The van der Waals surface area contributed by atoms with Crippen molar-refractivity contribution in [2.45, 2.75) is 51.7 Å². The van der Waals surface area contributed by atoms with Crippen LogP contribution in [0.15, 0.2) is 0 Å². The molecule has 122 valence electrons. The molecule has 0 aliphatic carbocycles. The maximum absolute atomic E-state index is 5.98. The van der Waals surface area contributed by atoms with Gasteiger partial charge in [-0.15, -0.1) is 0 Å². The van der Waals surface area contributed by atoms with E-state index in [0.717, 1.165) is 45.3 Å². The summed E-state index contributed by atoms with van der Waals surface area (Å²) >= 11 is 0. The second-order valence-electron chi connectivity index (χ2n) is 7.79. The minimum absolute atomic E-state index is 0.407. The van der Waals surface area contributed by atoms with Crippen molar-refractivity contribution in [3.63, 3.8) is 0 Å². The van der Waals surface area contributed by atoms with E-state index >= 15 is 0 Å². The fourth-order valence-corrected chi connectivity index (χ4v) is 4.12. The zero-order valence-electron chi connectivity index (χ0n) is 13.8. The van der Waals surface area contributed by atoms with E-state index in [4.69, 9.17) is 9.47 Å². The summed E-state index contributed by atoms with van der Waals surface area (Å²) in [6.07, 6.45) is 5.94. The van der Waals surface area contributed by atoms with Gasteiger partial charge in [0.15, 0.2) is 0 Å². The third kappa shape index (κ3) is 4.19. The van der Waals surface area contributed by atoms with Crippen molar-refractivity contribution in [3.8, 4) is 0 Å². The summed E-state index contributed by atoms with van der Waals surface area (Å²) in [6.45, 7) is 12.2. The van der Waals surface area contributed by atoms with Crippen LogP contribution < -0.4 is 5.32 Å². The predicted octanol–water partition coefficient (Wildman–Crippen LogP) is 1.89. The van der Waals surface area contributed by atoms with Crippen LogP contribution in [0.5, 0.6) is 0 Å². The monoisotopic (exact) mass is 296 g/mol. The van der Waals surface area contributed by atoms with Gasteiger partial charge in [-0.05, 0) is 43.6 Å². The molecule has 4 nitrogen and oxygen atoms in total. The fraction of sp³-hybridized carbons (Fsp3) is 1.00. The van der Waals surface area contributed by atoms with Crippen LogP contribution in [0.4, 0.5) is 0 Å². The lowest BCUT2D eigenvalue weighted by molar-refractivity contribution is -0.0661. The van der Waals surface area contributed by atoms with Crippen LogP contribution in [0.3, 0.4) is 0 Å². The number of ether oxygens (including phenoxy) is 2. The average molecular weight is 296 g/mol. The zero-order valence-corrected chi connectivity index (χ0v) is 13.8. The SMILES string of the molecule is CC(C)CNCC1(CN2CC3CCC(C2)O3)CCOCC1. The van der Waals surface area contributed by atoms with Crippen LogP contribution in [0, 0.1) is 11.3 Å². The van der Waals surface area contributed by atoms with E-state index in [-0.39, 0.29) is 0 Å². The molecule has 0 aromatic carbocycles. The van der Waals surface area contributed by atoms with Crippen molar-refractivity contribution in [1.82, 2.24) is 10.2 Å². The van der Waals surface area contributed by atoms with Crippen LogP contribution >= 0.6 is 0 Å². The van der Waals surface area contributed by atoms with Gasteiger partial charge in [0.2, 0.25) is 0 Å². The number of hydrogen-bond acceptors (Lipinski definition) is 4. The van der Waals surface area contributed by atoms with Gasteiger partial charge in [0.25, 0.3) is 0 Å². The number of fused-ring (bicyclic) bond motifs is 2. The Morgan fingerprint density at radius 1 is 1.14 bits per heavy atom. The van der Waals surface area contributed by atoms with Crippen LogP contribution in [-0.4, -0.2) is 63.0 Å². The Morgan fingerprint density at radius 2 is 1.81 bits per heavy atom. The summed E-state index contributed by atoms with van der Waals surface area (Å²) < 4.78 is 11.6. The molecule has 4 heteroatoms. The predicted molar refractivity (Wildman–Crippen MR) is 84.5 cm³/mol. The molecule has 0 aromatic rings. The van der Waals surface area contributed by atoms with Gasteiger partial charge >= 0.3 is 0 Å². The smallest absolute Gasteiger partial charge is 0.0707 e. The number of nitrogens with one attached hydrogen (secondary N) is 1. The Balaban J connectivity index is 1.56. The summed E-state index contributed by atoms with van der Waals surface area (Å²) in [7, 11) is 0. The molecule has 3 rings (SSSR count). The molecule has 0 spiro atoms. The van der Waals surface area contributed by atoms with Crippen molar-refractivity contribution in [3.05, 3.63) is 0 Å². The normalized spacial score (nSPS) is 32.7. The Hall–Kier alpha value is -0.160. The molecule has 2 unspecified atom stereocenters. The highest BCUT2D eigenvalue weighted by Gasteiger charge is 2.39. The molecule has 21 heavy (non-hydrogen) atoms. The largest absolute Gasteiger partial charge is 0.381 e. The van der Waals surface area contributed by atoms with E-state index in [1.807, 2.05) is 0 Å². The molecule has 2 bridgehead atoms. The molecule has 0 saturated carbocycles. The highest BCUT2D eigenvalue weighted by molar-refractivity contribution is 4.92. The number of nitrogens with zero attached hydrogens (tertiary/aromatic N) is 1. The molecule has 3 aliphatic rings. The summed E-state index contributed by atoms with van der Waals surface area (Å²) in [5.74, 6) is 0.723. The molecule has 1 N–H and O–H groups in total. The topological polar surface area (TPSA) is 33.7 Å². The van der Waals surface area contributed by atoms with Gasteiger partial charge in [0, 0.05) is 39.4 Å². The fourth-order valence-electron chi connectivity index (χ4n) is 4.12. The summed E-state index contributed by atoms with van der Waals surface area (Å²) in [5.41, 5.74) is 0.407. The van der Waals surface area contributed by atoms with Crippen LogP contribution in [0.1, 0.15) is 39.5 Å². The molecule has 3 aliphatic heterocycles. The van der Waals surface area contributed by atoms with Crippen molar-refractivity contribution in [2.24, 2.45) is 11.3 Å². The first-order valence-corrected chi connectivity index (χ1v) is 8.81. The van der Waals surface area contributed by atoms with Crippen molar-refractivity contribution >= 4 is 0 Å². The van der Waals surface area contributed by atoms with Gasteiger partial charge in [-0.2, -0.15) is 0 Å². The zero-order chi connectivity index (χ0) is 14.7. The van der Waals surface area contributed by atoms with E-state index in [2.05, 4.69) is 24.1 Å². The Morgan fingerprint density at radius 3 is 2.43 bits per heavy atom. The van der Waals surface area contributed by atoms with Crippen LogP contribution in [0.25, 0.3) is 0 Å². The summed E-state index contributed by atoms with van der Waals surface area (Å²) in [4.78, 5) is 2.67. The molecule has 3 fully saturated rings. The average Bonchev–Trinajstić information content (AvgIpc) is 2.78. The third-order valence-electron chi connectivity index (χ3n) is 5.28. The summed E-state index contributed by atoms with van der Waals surface area (Å²) in [6, 6.07) is 0. The lowest BCUT2D eigenvalue weighted by Gasteiger charge is -2.43. The second-order valence-corrected chi connectivity index (χ2v) is 7.79. The van der Waals surface area contributed by atoms with E-state index in [1.54, 1.807) is 0 Å². The Bertz CT molecular complexity index is 317. The van der Waals surface area contributed by atoms with E-state index in [9.17, 15) is 0 Å². The number of hydrogen-bond donors (Lipinski definition) is 1. The van der Waals surface area contributed by atoms with Crippen molar-refractivity contribution in [2.75, 3.05) is 45.9 Å². The molecular formula is C17H32N2O2. The lowest BCUT2D eigenvalue weighted by atomic mass is 9.79. The van der Waals surface area contributed by atoms with Gasteiger partial charge in [-0.1, -0.05) is 13.8 Å². The first-order valence-electron chi connectivity index (χ1n) is 8.81. The first kappa shape index (κ1) is 15.7. The minimum Gasteiger partial charge on any atom is -0.381 e. The third-order valence-corrected chi connectivity index (χ3v) is 5.28. The van der Waals surface area contributed by atoms with Crippen LogP contribution in [-0.2, 0) is 9.47 Å². The van der Waals surface area contributed by atoms with Gasteiger partial charge in [0.05, 0.1) is 12.2 Å². The molecule has 3 saturated heterocycles. The quantitative estimate of drug-likeness (QED) is 0.811. The molecule has 0 aromatic heterocycles. The molecule has 0 amide bonds.